The lowest BCUT2D eigenvalue weighted by Crippen LogP contribution is -2.33. The van der Waals surface area contributed by atoms with E-state index in [0.717, 1.165) is 34.8 Å². The summed E-state index contributed by atoms with van der Waals surface area (Å²) in [6.45, 7) is 3.14. The highest BCUT2D eigenvalue weighted by Gasteiger charge is 2.19. The van der Waals surface area contributed by atoms with E-state index in [1.165, 1.54) is 6.07 Å². The lowest BCUT2D eigenvalue weighted by molar-refractivity contribution is 0.106. The number of hydrogen-bond acceptors (Lipinski definition) is 5. The molecule has 0 amide bonds. The molecular weight excluding hydrogens is 333 g/mol. The second kappa shape index (κ2) is 5.89. The Hall–Kier alpha value is -2.77. The molecular formula is C19H18FN5O. The van der Waals surface area contributed by atoms with Gasteiger partial charge in [-0.2, -0.15) is 0 Å². The summed E-state index contributed by atoms with van der Waals surface area (Å²) in [5, 5.41) is 0. The van der Waals surface area contributed by atoms with Crippen LogP contribution in [0.4, 0.5) is 4.39 Å². The van der Waals surface area contributed by atoms with E-state index in [1.54, 1.807) is 0 Å². The Kier molecular flexibility index (Phi) is 3.51. The number of hydrazine groups is 1. The van der Waals surface area contributed by atoms with Crippen LogP contribution in [-0.4, -0.2) is 28.0 Å². The number of hydrogen-bond donors (Lipinski definition) is 2. The quantitative estimate of drug-likeness (QED) is 0.744. The van der Waals surface area contributed by atoms with Crippen molar-refractivity contribution >= 4 is 11.5 Å². The molecule has 4 heterocycles. The second-order valence-electron chi connectivity index (χ2n) is 6.57. The van der Waals surface area contributed by atoms with Gasteiger partial charge in [-0.25, -0.2) is 19.8 Å². The Labute approximate surface area is 149 Å². The van der Waals surface area contributed by atoms with E-state index in [1.807, 2.05) is 41.8 Å². The first-order valence-electron chi connectivity index (χ1n) is 8.66. The van der Waals surface area contributed by atoms with Gasteiger partial charge in [0.25, 0.3) is 0 Å². The molecule has 5 rings (SSSR count). The fraction of sp³-hybridized carbons (Fsp3) is 0.263. The first-order valence-corrected chi connectivity index (χ1v) is 8.66. The summed E-state index contributed by atoms with van der Waals surface area (Å²) in [5.41, 5.74) is 11.0. The van der Waals surface area contributed by atoms with Crippen molar-refractivity contribution in [1.82, 2.24) is 20.2 Å². The van der Waals surface area contributed by atoms with E-state index in [4.69, 9.17) is 4.74 Å². The molecule has 0 bridgehead atoms. The predicted molar refractivity (Wildman–Crippen MR) is 96.2 cm³/mol. The van der Waals surface area contributed by atoms with Crippen LogP contribution in [0.15, 0.2) is 41.5 Å². The fourth-order valence-electron chi connectivity index (χ4n) is 3.45. The van der Waals surface area contributed by atoms with Crippen molar-refractivity contribution in [3.8, 4) is 11.1 Å². The summed E-state index contributed by atoms with van der Waals surface area (Å²) in [7, 11) is 0. The van der Waals surface area contributed by atoms with Gasteiger partial charge in [-0.15, -0.1) is 0 Å². The van der Waals surface area contributed by atoms with Gasteiger partial charge in [-0.3, -0.25) is 0 Å². The maximum absolute atomic E-state index is 14.7. The zero-order valence-electron chi connectivity index (χ0n) is 14.3. The van der Waals surface area contributed by atoms with Crippen molar-refractivity contribution in [2.24, 2.45) is 4.99 Å². The van der Waals surface area contributed by atoms with Crippen molar-refractivity contribution in [3.63, 3.8) is 0 Å². The molecule has 2 aliphatic rings. The highest BCUT2D eigenvalue weighted by molar-refractivity contribution is 5.99. The molecule has 2 aliphatic heterocycles. The number of benzene rings is 1. The van der Waals surface area contributed by atoms with Gasteiger partial charge in [0, 0.05) is 29.8 Å². The average Bonchev–Trinajstić information content (AvgIpc) is 3.24. The normalized spacial score (nSPS) is 19.3. The van der Waals surface area contributed by atoms with Crippen LogP contribution < -0.4 is 10.9 Å². The summed E-state index contributed by atoms with van der Waals surface area (Å²) >= 11 is 0. The molecule has 132 valence electrons. The SMILES string of the molecule is CC1N=C(c2ccc(-c3cn4c5c(nc4cc3F)CCOC5)cc2)NN1. The third kappa shape index (κ3) is 2.48. The molecule has 1 unspecified atom stereocenters. The van der Waals surface area contributed by atoms with Gasteiger partial charge < -0.3 is 14.6 Å². The van der Waals surface area contributed by atoms with Crippen molar-refractivity contribution in [3.05, 3.63) is 59.3 Å². The van der Waals surface area contributed by atoms with E-state index in [2.05, 4.69) is 20.8 Å². The molecule has 0 saturated heterocycles. The molecule has 2 aromatic heterocycles. The van der Waals surface area contributed by atoms with Crippen molar-refractivity contribution < 1.29 is 9.13 Å². The standard InChI is InChI=1S/C19H18FN5O/c1-11-21-19(24-23-11)13-4-2-12(3-5-13)14-9-25-17-10-26-7-6-16(17)22-18(25)8-15(14)20/h2-5,8-9,11,23H,6-7,10H2,1H3,(H,21,24). The summed E-state index contributed by atoms with van der Waals surface area (Å²) in [5.74, 6) is 0.515. The third-order valence-electron chi connectivity index (χ3n) is 4.81. The summed E-state index contributed by atoms with van der Waals surface area (Å²) < 4.78 is 22.2. The number of rotatable bonds is 2. The van der Waals surface area contributed by atoms with Crippen LogP contribution in [0.2, 0.25) is 0 Å². The number of ether oxygens (including phenoxy) is 1. The first-order chi connectivity index (χ1) is 12.7. The van der Waals surface area contributed by atoms with Gasteiger partial charge in [-0.1, -0.05) is 24.3 Å². The van der Waals surface area contributed by atoms with E-state index in [0.29, 0.717) is 24.4 Å². The molecule has 2 N–H and O–H groups in total. The largest absolute Gasteiger partial charge is 0.375 e. The van der Waals surface area contributed by atoms with Crippen LogP contribution in [-0.2, 0) is 17.8 Å². The Balaban J connectivity index is 1.56. The zero-order chi connectivity index (χ0) is 17.7. The van der Waals surface area contributed by atoms with Crippen LogP contribution >= 0.6 is 0 Å². The highest BCUT2D eigenvalue weighted by atomic mass is 19.1. The van der Waals surface area contributed by atoms with Crippen molar-refractivity contribution in [2.45, 2.75) is 26.1 Å². The van der Waals surface area contributed by atoms with Crippen LogP contribution in [0.1, 0.15) is 23.9 Å². The number of imidazole rings is 1. The van der Waals surface area contributed by atoms with Gasteiger partial charge in [0.1, 0.15) is 23.5 Å². The van der Waals surface area contributed by atoms with Crippen LogP contribution in [0.25, 0.3) is 16.8 Å². The Morgan fingerprint density at radius 1 is 1.23 bits per heavy atom. The second-order valence-corrected chi connectivity index (χ2v) is 6.57. The van der Waals surface area contributed by atoms with Gasteiger partial charge >= 0.3 is 0 Å². The molecule has 26 heavy (non-hydrogen) atoms. The van der Waals surface area contributed by atoms with Crippen LogP contribution in [0, 0.1) is 5.82 Å². The zero-order valence-corrected chi connectivity index (χ0v) is 14.3. The topological polar surface area (TPSA) is 63.0 Å². The minimum atomic E-state index is -0.278. The Morgan fingerprint density at radius 3 is 2.81 bits per heavy atom. The highest BCUT2D eigenvalue weighted by Crippen LogP contribution is 2.27. The number of amidine groups is 1. The number of aliphatic imine (C=N–C) groups is 1. The molecule has 0 fully saturated rings. The molecule has 0 aliphatic carbocycles. The van der Waals surface area contributed by atoms with E-state index in [9.17, 15) is 4.39 Å². The monoisotopic (exact) mass is 351 g/mol. The summed E-state index contributed by atoms with van der Waals surface area (Å²) in [6.07, 6.45) is 2.62. The van der Waals surface area contributed by atoms with Crippen molar-refractivity contribution in [2.75, 3.05) is 6.61 Å². The lowest BCUT2D eigenvalue weighted by Gasteiger charge is -2.12. The average molecular weight is 351 g/mol. The number of nitrogens with zero attached hydrogens (tertiary/aromatic N) is 3. The first kappa shape index (κ1) is 15.5. The smallest absolute Gasteiger partial charge is 0.144 e. The minimum absolute atomic E-state index is 0.0409. The maximum Gasteiger partial charge on any atom is 0.144 e. The molecule has 0 spiro atoms. The van der Waals surface area contributed by atoms with Gasteiger partial charge in [-0.05, 0) is 12.5 Å². The van der Waals surface area contributed by atoms with E-state index < -0.39 is 0 Å². The van der Waals surface area contributed by atoms with E-state index in [-0.39, 0.29) is 12.0 Å². The minimum Gasteiger partial charge on any atom is -0.375 e. The van der Waals surface area contributed by atoms with Crippen LogP contribution in [0.5, 0.6) is 0 Å². The molecule has 0 saturated carbocycles. The molecule has 1 aromatic carbocycles. The number of fused-ring (bicyclic) bond motifs is 3. The molecule has 1 atom stereocenters. The van der Waals surface area contributed by atoms with E-state index >= 15 is 0 Å². The maximum atomic E-state index is 14.7. The summed E-state index contributed by atoms with van der Waals surface area (Å²) in [4.78, 5) is 8.99. The van der Waals surface area contributed by atoms with Crippen molar-refractivity contribution in [1.29, 1.82) is 0 Å². The molecule has 7 heteroatoms. The lowest BCUT2D eigenvalue weighted by atomic mass is 10.0. The Bertz CT molecular complexity index is 1020. The van der Waals surface area contributed by atoms with Crippen LogP contribution in [0.3, 0.4) is 0 Å². The number of aromatic nitrogens is 2. The van der Waals surface area contributed by atoms with Gasteiger partial charge in [0.05, 0.1) is 24.6 Å². The third-order valence-corrected chi connectivity index (χ3v) is 4.81. The molecule has 0 radical (unpaired) electrons. The van der Waals surface area contributed by atoms with Gasteiger partial charge in [0.15, 0.2) is 0 Å². The van der Waals surface area contributed by atoms with Gasteiger partial charge in [0.2, 0.25) is 0 Å². The predicted octanol–water partition coefficient (Wildman–Crippen LogP) is 2.41. The fourth-order valence-corrected chi connectivity index (χ4v) is 3.45. The summed E-state index contributed by atoms with van der Waals surface area (Å²) in [6, 6.07) is 9.20. The number of halogens is 1. The molecule has 6 nitrogen and oxygen atoms in total. The molecule has 3 aromatic rings. The number of nitrogens with one attached hydrogen (secondary N) is 2. The number of pyridine rings is 1. The Morgan fingerprint density at radius 2 is 2.04 bits per heavy atom.